The summed E-state index contributed by atoms with van der Waals surface area (Å²) < 4.78 is 0. The van der Waals surface area contributed by atoms with Crippen molar-refractivity contribution in [2.24, 2.45) is 0 Å². The van der Waals surface area contributed by atoms with Gasteiger partial charge in [-0.25, -0.2) is 0 Å². The first-order valence-electron chi connectivity index (χ1n) is 0. The van der Waals surface area contributed by atoms with Crippen molar-refractivity contribution in [3.05, 3.63) is 0 Å². The maximum absolute atomic E-state index is 0. The van der Waals surface area contributed by atoms with Crippen molar-refractivity contribution in [3.63, 3.8) is 0 Å². The third-order valence-corrected chi connectivity index (χ3v) is 0. The summed E-state index contributed by atoms with van der Waals surface area (Å²) in [5.74, 6) is 0. The van der Waals surface area contributed by atoms with E-state index < -0.39 is 0 Å². The van der Waals surface area contributed by atoms with Crippen molar-refractivity contribution in [1.29, 1.82) is 0 Å². The van der Waals surface area contributed by atoms with Crippen molar-refractivity contribution >= 4 is 104 Å². The second-order valence-corrected chi connectivity index (χ2v) is 0. The first-order chi connectivity index (χ1) is 0. The van der Waals surface area contributed by atoms with Crippen molar-refractivity contribution < 1.29 is 5.48 Å². The predicted molar refractivity (Wildman–Crippen MR) is 25.1 cm³/mol. The molecule has 4 heteroatoms. The summed E-state index contributed by atoms with van der Waals surface area (Å²) in [6, 6.07) is 0. The Morgan fingerprint density at radius 2 is 1.00 bits per heavy atom. The van der Waals surface area contributed by atoms with Gasteiger partial charge in [-0.2, -0.15) is 0 Å². The van der Waals surface area contributed by atoms with Gasteiger partial charge in [-0.15, -0.1) is 0 Å². The Balaban J connectivity index is 0. The van der Waals surface area contributed by atoms with Gasteiger partial charge in [0.25, 0.3) is 0 Å². The minimum atomic E-state index is 0. The van der Waals surface area contributed by atoms with Crippen LogP contribution in [0.4, 0.5) is 0 Å². The molecule has 0 aromatic rings. The molecule has 0 saturated carbocycles. The Bertz CT molecular complexity index is 8.00. The molecule has 2 N–H and O–H groups in total. The van der Waals surface area contributed by atoms with Crippen LogP contribution < -0.4 is 0 Å². The van der Waals surface area contributed by atoms with Gasteiger partial charge >= 0.3 is 0 Å². The Kier molecular flexibility index (Phi) is 108. The molecule has 0 bridgehead atoms. The van der Waals surface area contributed by atoms with E-state index in [-0.39, 0.29) is 109 Å². The molecule has 0 atom stereocenters. The van der Waals surface area contributed by atoms with E-state index in [1.54, 1.807) is 0 Å². The minimum absolute atomic E-state index is 0. The van der Waals surface area contributed by atoms with Crippen LogP contribution in [0.25, 0.3) is 0 Å². The molecule has 0 amide bonds. The normalized spacial score (nSPS) is 0. The SMILES string of the molecule is O.[AlH3].[Ba].[Ca]. The van der Waals surface area contributed by atoms with Gasteiger partial charge in [-0.3, -0.25) is 0 Å². The van der Waals surface area contributed by atoms with E-state index >= 15 is 0 Å². The van der Waals surface area contributed by atoms with E-state index in [2.05, 4.69) is 0 Å². The van der Waals surface area contributed by atoms with Crippen LogP contribution in [0.2, 0.25) is 0 Å². The van der Waals surface area contributed by atoms with Gasteiger partial charge in [0.15, 0.2) is 17.4 Å². The molecule has 0 aromatic carbocycles. The number of hydrogen-bond acceptors (Lipinski definition) is 0. The monoisotopic (exact) mass is 226 g/mol. The molecule has 0 aliphatic heterocycles. The van der Waals surface area contributed by atoms with Crippen LogP contribution in [0.15, 0.2) is 0 Å². The third-order valence-electron chi connectivity index (χ3n) is 0. The summed E-state index contributed by atoms with van der Waals surface area (Å²) in [6.07, 6.45) is 0. The summed E-state index contributed by atoms with van der Waals surface area (Å²) in [5, 5.41) is 0. The summed E-state index contributed by atoms with van der Waals surface area (Å²) in [7, 11) is 0. The quantitative estimate of drug-likeness (QED) is 0.400. The number of rotatable bonds is 0. The van der Waals surface area contributed by atoms with Crippen molar-refractivity contribution in [2.75, 3.05) is 0 Å². The molecule has 18 valence electrons. The van der Waals surface area contributed by atoms with Gasteiger partial charge in [0.2, 0.25) is 0 Å². The maximum atomic E-state index is 0. The van der Waals surface area contributed by atoms with E-state index in [4.69, 9.17) is 0 Å². The van der Waals surface area contributed by atoms with E-state index in [0.717, 1.165) is 0 Å². The second kappa shape index (κ2) is 16.2. The van der Waals surface area contributed by atoms with Crippen LogP contribution in [0.3, 0.4) is 0 Å². The first kappa shape index (κ1) is 26.5. The fourth-order valence-electron chi connectivity index (χ4n) is 0. The second-order valence-electron chi connectivity index (χ2n) is 0. The molecule has 4 radical (unpaired) electrons. The number of hydrogen-bond donors (Lipinski definition) is 0. The fraction of sp³-hybridized carbons (Fsp3) is 0. The largest absolute Gasteiger partial charge is 0.412 e. The molecule has 0 heterocycles. The molecule has 0 aromatic heterocycles. The third kappa shape index (κ3) is 9.01. The maximum Gasteiger partial charge on any atom is 0.187 e. The van der Waals surface area contributed by atoms with Gasteiger partial charge in [-0.05, 0) is 0 Å². The van der Waals surface area contributed by atoms with Crippen LogP contribution in [-0.4, -0.2) is 109 Å². The molecule has 0 aliphatic carbocycles. The summed E-state index contributed by atoms with van der Waals surface area (Å²) in [4.78, 5) is 0. The molecule has 0 saturated heterocycles. The molecule has 1 nitrogen and oxygen atoms in total. The Labute approximate surface area is 106 Å². The zero-order valence-electron chi connectivity index (χ0n) is 1.91. The van der Waals surface area contributed by atoms with Gasteiger partial charge in [0.1, 0.15) is 0 Å². The fourth-order valence-corrected chi connectivity index (χ4v) is 0. The van der Waals surface area contributed by atoms with Crippen LogP contribution in [0.1, 0.15) is 0 Å². The minimum Gasteiger partial charge on any atom is -0.412 e. The molecule has 0 fully saturated rings. The van der Waals surface area contributed by atoms with Gasteiger partial charge in [-0.1, -0.05) is 0 Å². The van der Waals surface area contributed by atoms with E-state index in [1.807, 2.05) is 0 Å². The topological polar surface area (TPSA) is 31.5 Å². The smallest absolute Gasteiger partial charge is 0.187 e. The zero-order chi connectivity index (χ0) is 0. The predicted octanol–water partition coefficient (Wildman–Crippen LogP) is -2.77. The summed E-state index contributed by atoms with van der Waals surface area (Å²) in [5.41, 5.74) is 0. The molecule has 0 rings (SSSR count). The van der Waals surface area contributed by atoms with Gasteiger partial charge in [0.05, 0.1) is 0 Å². The molecular formula is H5AlBaCaO. The van der Waals surface area contributed by atoms with Crippen molar-refractivity contribution in [1.82, 2.24) is 0 Å². The van der Waals surface area contributed by atoms with E-state index in [0.29, 0.717) is 0 Å². The van der Waals surface area contributed by atoms with Gasteiger partial charge < -0.3 is 5.48 Å². The average molecular weight is 225 g/mol. The molecule has 0 unspecified atom stereocenters. The Morgan fingerprint density at radius 1 is 1.00 bits per heavy atom. The van der Waals surface area contributed by atoms with E-state index in [9.17, 15) is 0 Å². The summed E-state index contributed by atoms with van der Waals surface area (Å²) in [6.45, 7) is 0. The van der Waals surface area contributed by atoms with Crippen LogP contribution >= 0.6 is 0 Å². The van der Waals surface area contributed by atoms with Crippen LogP contribution in [0.5, 0.6) is 0 Å². The molecular weight excluding hydrogens is 220 g/mol. The van der Waals surface area contributed by atoms with Crippen LogP contribution in [0, 0.1) is 0 Å². The van der Waals surface area contributed by atoms with E-state index in [1.165, 1.54) is 0 Å². The average Bonchev–Trinajstić information content (AvgIpc) is 0. The Hall–Kier alpha value is 3.32. The molecule has 0 aliphatic rings. The van der Waals surface area contributed by atoms with Crippen molar-refractivity contribution in [3.8, 4) is 0 Å². The summed E-state index contributed by atoms with van der Waals surface area (Å²) >= 11 is 0. The van der Waals surface area contributed by atoms with Crippen LogP contribution in [-0.2, 0) is 0 Å². The first-order valence-corrected chi connectivity index (χ1v) is 0. The Morgan fingerprint density at radius 3 is 1.00 bits per heavy atom. The standard InChI is InChI=1S/Al.Ba.Ca.H2O.3H/h;;;1H2;;;. The zero-order valence-corrected chi connectivity index (χ0v) is 8.56. The van der Waals surface area contributed by atoms with Gasteiger partial charge in [0, 0.05) is 86.6 Å². The van der Waals surface area contributed by atoms with Crippen molar-refractivity contribution in [2.45, 2.75) is 0 Å². The molecule has 4 heavy (non-hydrogen) atoms. The molecule has 0 spiro atoms.